The minimum atomic E-state index is 0.664. The molecule has 0 saturated carbocycles. The molecule has 14 heavy (non-hydrogen) atoms. The van der Waals surface area contributed by atoms with Gasteiger partial charge < -0.3 is 9.53 Å². The van der Waals surface area contributed by atoms with Crippen molar-refractivity contribution in [2.24, 2.45) is 0 Å². The van der Waals surface area contributed by atoms with Gasteiger partial charge in [-0.1, -0.05) is 6.58 Å². The number of carbonyl (C=O) groups excluding carboxylic acids is 1. The Bertz CT molecular complexity index is 204. The smallest absolute Gasteiger partial charge is 0.119 e. The molecule has 2 heteroatoms. The van der Waals surface area contributed by atoms with Crippen LogP contribution in [0.25, 0.3) is 0 Å². The number of rotatable bonds is 8. The van der Waals surface area contributed by atoms with Crippen molar-refractivity contribution >= 4 is 6.29 Å². The highest BCUT2D eigenvalue weighted by molar-refractivity contribution is 5.48. The van der Waals surface area contributed by atoms with Crippen molar-refractivity contribution in [3.05, 3.63) is 24.0 Å². The van der Waals surface area contributed by atoms with E-state index in [1.807, 2.05) is 19.9 Å². The van der Waals surface area contributed by atoms with E-state index in [9.17, 15) is 4.79 Å². The SMILES string of the molecule is C=C(C)/C(=C\C)OCCCCCC=O. The highest BCUT2D eigenvalue weighted by Gasteiger charge is 1.96. The van der Waals surface area contributed by atoms with Crippen LogP contribution in [0, 0.1) is 0 Å². The van der Waals surface area contributed by atoms with Crippen LogP contribution in [0.15, 0.2) is 24.0 Å². The van der Waals surface area contributed by atoms with Crippen LogP contribution in [0.4, 0.5) is 0 Å². The Kier molecular flexibility index (Phi) is 7.90. The van der Waals surface area contributed by atoms with Crippen LogP contribution in [-0.2, 0) is 9.53 Å². The van der Waals surface area contributed by atoms with Gasteiger partial charge in [0.15, 0.2) is 0 Å². The summed E-state index contributed by atoms with van der Waals surface area (Å²) in [5.41, 5.74) is 0.959. The standard InChI is InChI=1S/C12H20O2/c1-4-12(11(2)3)14-10-8-6-5-7-9-13/h4,9H,2,5-8,10H2,1,3H3/b12-4+. The molecule has 0 aliphatic heterocycles. The van der Waals surface area contributed by atoms with Gasteiger partial charge in [0.05, 0.1) is 6.61 Å². The summed E-state index contributed by atoms with van der Waals surface area (Å²) in [6, 6.07) is 0. The summed E-state index contributed by atoms with van der Waals surface area (Å²) in [5.74, 6) is 0.875. The second kappa shape index (κ2) is 8.54. The van der Waals surface area contributed by atoms with Gasteiger partial charge in [-0.05, 0) is 44.8 Å². The van der Waals surface area contributed by atoms with Crippen molar-refractivity contribution in [3.8, 4) is 0 Å². The lowest BCUT2D eigenvalue weighted by molar-refractivity contribution is -0.107. The summed E-state index contributed by atoms with van der Waals surface area (Å²) in [6.07, 6.45) is 6.56. The van der Waals surface area contributed by atoms with Crippen LogP contribution >= 0.6 is 0 Å². The number of allylic oxidation sites excluding steroid dienone is 2. The zero-order chi connectivity index (χ0) is 10.8. The van der Waals surface area contributed by atoms with Gasteiger partial charge in [-0.3, -0.25) is 0 Å². The molecule has 0 aromatic rings. The molecule has 0 rings (SSSR count). The highest BCUT2D eigenvalue weighted by atomic mass is 16.5. The van der Waals surface area contributed by atoms with E-state index < -0.39 is 0 Å². The van der Waals surface area contributed by atoms with Gasteiger partial charge in [0.25, 0.3) is 0 Å². The van der Waals surface area contributed by atoms with Crippen LogP contribution in [-0.4, -0.2) is 12.9 Å². The van der Waals surface area contributed by atoms with Gasteiger partial charge >= 0.3 is 0 Å². The first kappa shape index (κ1) is 12.9. The maximum Gasteiger partial charge on any atom is 0.119 e. The van der Waals surface area contributed by atoms with E-state index in [1.165, 1.54) is 0 Å². The van der Waals surface area contributed by atoms with Gasteiger partial charge in [0, 0.05) is 6.42 Å². The van der Waals surface area contributed by atoms with Crippen molar-refractivity contribution in [3.63, 3.8) is 0 Å². The molecule has 0 aliphatic carbocycles. The van der Waals surface area contributed by atoms with Crippen LogP contribution in [0.5, 0.6) is 0 Å². The van der Waals surface area contributed by atoms with Crippen molar-refractivity contribution in [2.45, 2.75) is 39.5 Å². The summed E-state index contributed by atoms with van der Waals surface area (Å²) >= 11 is 0. The fraction of sp³-hybridized carbons (Fsp3) is 0.583. The second-order valence-electron chi connectivity index (χ2n) is 3.30. The first-order valence-electron chi connectivity index (χ1n) is 5.11. The van der Waals surface area contributed by atoms with Crippen LogP contribution in [0.2, 0.25) is 0 Å². The third-order valence-corrected chi connectivity index (χ3v) is 1.91. The van der Waals surface area contributed by atoms with Crippen molar-refractivity contribution in [1.82, 2.24) is 0 Å². The number of ether oxygens (including phenoxy) is 1. The molecule has 2 nitrogen and oxygen atoms in total. The Morgan fingerprint density at radius 1 is 1.36 bits per heavy atom. The Hall–Kier alpha value is -1.05. The zero-order valence-electron chi connectivity index (χ0n) is 9.21. The number of carbonyl (C=O) groups is 1. The zero-order valence-corrected chi connectivity index (χ0v) is 9.21. The maximum atomic E-state index is 10.0. The average Bonchev–Trinajstić information content (AvgIpc) is 2.16. The Morgan fingerprint density at radius 2 is 2.07 bits per heavy atom. The van der Waals surface area contributed by atoms with E-state index in [2.05, 4.69) is 6.58 Å². The van der Waals surface area contributed by atoms with E-state index in [4.69, 9.17) is 4.74 Å². The first-order chi connectivity index (χ1) is 6.72. The molecular weight excluding hydrogens is 176 g/mol. The average molecular weight is 196 g/mol. The Balaban J connectivity index is 3.43. The molecule has 0 radical (unpaired) electrons. The summed E-state index contributed by atoms with van der Waals surface area (Å²) < 4.78 is 5.51. The lowest BCUT2D eigenvalue weighted by Gasteiger charge is -2.09. The van der Waals surface area contributed by atoms with E-state index >= 15 is 0 Å². The van der Waals surface area contributed by atoms with E-state index in [0.717, 1.165) is 36.9 Å². The summed E-state index contributed by atoms with van der Waals surface area (Å²) in [6.45, 7) is 8.40. The quantitative estimate of drug-likeness (QED) is 0.258. The second-order valence-corrected chi connectivity index (χ2v) is 3.30. The van der Waals surface area contributed by atoms with E-state index in [0.29, 0.717) is 13.0 Å². The number of aldehydes is 1. The van der Waals surface area contributed by atoms with Crippen LogP contribution < -0.4 is 0 Å². The van der Waals surface area contributed by atoms with Gasteiger partial charge in [-0.25, -0.2) is 0 Å². The monoisotopic (exact) mass is 196 g/mol. The Morgan fingerprint density at radius 3 is 2.57 bits per heavy atom. The molecular formula is C12H20O2. The Labute approximate surface area is 86.6 Å². The topological polar surface area (TPSA) is 26.3 Å². The highest BCUT2D eigenvalue weighted by Crippen LogP contribution is 2.09. The minimum absolute atomic E-state index is 0.664. The molecule has 0 unspecified atom stereocenters. The molecule has 0 heterocycles. The largest absolute Gasteiger partial charge is 0.494 e. The first-order valence-corrected chi connectivity index (χ1v) is 5.11. The van der Waals surface area contributed by atoms with Crippen LogP contribution in [0.3, 0.4) is 0 Å². The third-order valence-electron chi connectivity index (χ3n) is 1.91. The third kappa shape index (κ3) is 6.46. The van der Waals surface area contributed by atoms with Gasteiger partial charge in [0.2, 0.25) is 0 Å². The molecule has 0 bridgehead atoms. The molecule has 0 aliphatic rings. The minimum Gasteiger partial charge on any atom is -0.494 e. The summed E-state index contributed by atoms with van der Waals surface area (Å²) in [5, 5.41) is 0. The fourth-order valence-corrected chi connectivity index (χ4v) is 1.14. The molecule has 80 valence electrons. The molecule has 0 N–H and O–H groups in total. The van der Waals surface area contributed by atoms with Crippen molar-refractivity contribution in [2.75, 3.05) is 6.61 Å². The predicted octanol–water partition coefficient (Wildman–Crippen LogP) is 3.24. The maximum absolute atomic E-state index is 10.0. The molecule has 0 atom stereocenters. The van der Waals surface area contributed by atoms with Crippen molar-refractivity contribution in [1.29, 1.82) is 0 Å². The molecule has 0 spiro atoms. The van der Waals surface area contributed by atoms with Gasteiger partial charge in [-0.2, -0.15) is 0 Å². The normalized spacial score (nSPS) is 11.1. The molecule has 0 aromatic carbocycles. The number of hydrogen-bond acceptors (Lipinski definition) is 2. The molecule has 0 aromatic heterocycles. The van der Waals surface area contributed by atoms with Crippen LogP contribution in [0.1, 0.15) is 39.5 Å². The van der Waals surface area contributed by atoms with E-state index in [-0.39, 0.29) is 0 Å². The van der Waals surface area contributed by atoms with Gasteiger partial charge in [0.1, 0.15) is 12.0 Å². The number of hydrogen-bond donors (Lipinski definition) is 0. The number of unbranched alkanes of at least 4 members (excludes halogenated alkanes) is 3. The molecule has 0 saturated heterocycles. The van der Waals surface area contributed by atoms with Crippen molar-refractivity contribution < 1.29 is 9.53 Å². The summed E-state index contributed by atoms with van der Waals surface area (Å²) in [4.78, 5) is 10.0. The lowest BCUT2D eigenvalue weighted by atomic mass is 10.2. The predicted molar refractivity (Wildman–Crippen MR) is 59.1 cm³/mol. The van der Waals surface area contributed by atoms with Gasteiger partial charge in [-0.15, -0.1) is 0 Å². The molecule has 0 fully saturated rings. The van der Waals surface area contributed by atoms with E-state index in [1.54, 1.807) is 0 Å². The molecule has 0 amide bonds. The fourth-order valence-electron chi connectivity index (χ4n) is 1.14. The summed E-state index contributed by atoms with van der Waals surface area (Å²) in [7, 11) is 0. The lowest BCUT2D eigenvalue weighted by Crippen LogP contribution is -1.96.